The second kappa shape index (κ2) is 6.80. The Kier molecular flexibility index (Phi) is 4.56. The molecule has 0 spiro atoms. The van der Waals surface area contributed by atoms with E-state index in [4.69, 9.17) is 5.73 Å². The molecule has 1 amide bonds. The molecule has 3 N–H and O–H groups in total. The molecule has 0 saturated heterocycles. The van der Waals surface area contributed by atoms with Crippen LogP contribution in [0.5, 0.6) is 0 Å². The van der Waals surface area contributed by atoms with Gasteiger partial charge in [0.05, 0.1) is 11.9 Å². The molecule has 0 bridgehead atoms. The number of pyridine rings is 2. The molecule has 2 aromatic heterocycles. The summed E-state index contributed by atoms with van der Waals surface area (Å²) in [6.45, 7) is 2.43. The predicted molar refractivity (Wildman–Crippen MR) is 91.9 cm³/mol. The first kappa shape index (κ1) is 16.8. The molecular weight excluding hydrogens is 326 g/mol. The second-order valence-electron chi connectivity index (χ2n) is 5.55. The zero-order chi connectivity index (χ0) is 18.0. The summed E-state index contributed by atoms with van der Waals surface area (Å²) >= 11 is 0. The van der Waals surface area contributed by atoms with Crippen LogP contribution in [0.25, 0.3) is 21.9 Å². The minimum atomic E-state index is -0.578. The number of benzene rings is 1. The summed E-state index contributed by atoms with van der Waals surface area (Å²) < 4.78 is 27.9. The van der Waals surface area contributed by atoms with Gasteiger partial charge in [-0.15, -0.1) is 0 Å². The third-order valence-electron chi connectivity index (χ3n) is 3.81. The topological polar surface area (TPSA) is 80.9 Å². The van der Waals surface area contributed by atoms with Crippen molar-refractivity contribution < 1.29 is 13.6 Å². The van der Waals surface area contributed by atoms with Gasteiger partial charge in [0.25, 0.3) is 5.91 Å². The number of hydrogen-bond acceptors (Lipinski definition) is 4. The lowest BCUT2D eigenvalue weighted by molar-refractivity contribution is 0.0950. The SMILES string of the molecule is CCCNC(=O)c1ncc2c(-c3cncc(F)c3)c(F)ccc2c1N. The van der Waals surface area contributed by atoms with E-state index in [1.54, 1.807) is 0 Å². The maximum absolute atomic E-state index is 14.4. The summed E-state index contributed by atoms with van der Waals surface area (Å²) in [6.07, 6.45) is 4.55. The van der Waals surface area contributed by atoms with Crippen LogP contribution in [0.1, 0.15) is 23.8 Å². The molecule has 128 valence electrons. The van der Waals surface area contributed by atoms with Gasteiger partial charge < -0.3 is 11.1 Å². The van der Waals surface area contributed by atoms with Crippen LogP contribution in [0, 0.1) is 11.6 Å². The van der Waals surface area contributed by atoms with Gasteiger partial charge in [0.2, 0.25) is 0 Å². The molecule has 0 fully saturated rings. The third kappa shape index (κ3) is 3.13. The molecule has 5 nitrogen and oxygen atoms in total. The highest BCUT2D eigenvalue weighted by molar-refractivity contribution is 6.09. The number of nitrogen functional groups attached to an aromatic ring is 1. The van der Waals surface area contributed by atoms with Gasteiger partial charge in [-0.3, -0.25) is 9.78 Å². The van der Waals surface area contributed by atoms with Crippen molar-refractivity contribution in [2.75, 3.05) is 12.3 Å². The van der Waals surface area contributed by atoms with Crippen LogP contribution in [0.3, 0.4) is 0 Å². The lowest BCUT2D eigenvalue weighted by Crippen LogP contribution is -2.26. The Morgan fingerprint density at radius 2 is 2.00 bits per heavy atom. The predicted octanol–water partition coefficient (Wildman–Crippen LogP) is 3.30. The van der Waals surface area contributed by atoms with Crippen molar-refractivity contribution in [3.8, 4) is 11.1 Å². The fourth-order valence-corrected chi connectivity index (χ4v) is 2.63. The number of nitrogens with one attached hydrogen (secondary N) is 1. The van der Waals surface area contributed by atoms with Crippen LogP contribution < -0.4 is 11.1 Å². The van der Waals surface area contributed by atoms with E-state index in [0.29, 0.717) is 17.3 Å². The fourth-order valence-electron chi connectivity index (χ4n) is 2.63. The van der Waals surface area contributed by atoms with Gasteiger partial charge >= 0.3 is 0 Å². The third-order valence-corrected chi connectivity index (χ3v) is 3.81. The monoisotopic (exact) mass is 342 g/mol. The van der Waals surface area contributed by atoms with E-state index in [-0.39, 0.29) is 28.4 Å². The number of halogens is 2. The highest BCUT2D eigenvalue weighted by Gasteiger charge is 2.18. The van der Waals surface area contributed by atoms with E-state index >= 15 is 0 Å². The van der Waals surface area contributed by atoms with Gasteiger partial charge in [-0.2, -0.15) is 0 Å². The van der Waals surface area contributed by atoms with Gasteiger partial charge in [-0.05, 0) is 24.6 Å². The highest BCUT2D eigenvalue weighted by atomic mass is 19.1. The quantitative estimate of drug-likeness (QED) is 0.762. The molecule has 2 heterocycles. The molecule has 0 aliphatic carbocycles. The number of carbonyl (C=O) groups is 1. The summed E-state index contributed by atoms with van der Waals surface area (Å²) in [7, 11) is 0. The Bertz CT molecular complexity index is 959. The van der Waals surface area contributed by atoms with Crippen LogP contribution in [-0.4, -0.2) is 22.4 Å². The summed E-state index contributed by atoms with van der Waals surface area (Å²) in [5.41, 5.74) is 6.73. The van der Waals surface area contributed by atoms with Gasteiger partial charge in [0, 0.05) is 40.8 Å². The normalized spacial score (nSPS) is 10.8. The largest absolute Gasteiger partial charge is 0.396 e. The Balaban J connectivity index is 2.19. The van der Waals surface area contributed by atoms with Gasteiger partial charge in [0.1, 0.15) is 11.6 Å². The van der Waals surface area contributed by atoms with E-state index in [1.165, 1.54) is 30.6 Å². The van der Waals surface area contributed by atoms with Crippen molar-refractivity contribution in [1.29, 1.82) is 0 Å². The van der Waals surface area contributed by atoms with Crippen molar-refractivity contribution in [1.82, 2.24) is 15.3 Å². The Morgan fingerprint density at radius 3 is 2.72 bits per heavy atom. The number of nitrogens with zero attached hydrogens (tertiary/aromatic N) is 2. The summed E-state index contributed by atoms with van der Waals surface area (Å²) in [6, 6.07) is 3.89. The standard InChI is InChI=1S/C18H16F2N4O/c1-2-5-23-18(25)17-16(21)12-3-4-14(20)15(13(12)9-24-17)10-6-11(19)8-22-7-10/h3-4,6-9H,2,5,21H2,1H3,(H,23,25). The molecule has 0 radical (unpaired) electrons. The lowest BCUT2D eigenvalue weighted by atomic mass is 9.98. The number of carbonyl (C=O) groups excluding carboxylic acids is 1. The van der Waals surface area contributed by atoms with E-state index in [2.05, 4.69) is 15.3 Å². The molecule has 3 aromatic rings. The Morgan fingerprint density at radius 1 is 1.20 bits per heavy atom. The van der Waals surface area contributed by atoms with Crippen molar-refractivity contribution in [3.05, 3.63) is 54.1 Å². The van der Waals surface area contributed by atoms with Crippen LogP contribution in [0.2, 0.25) is 0 Å². The second-order valence-corrected chi connectivity index (χ2v) is 5.55. The first-order valence-corrected chi connectivity index (χ1v) is 7.78. The molecule has 25 heavy (non-hydrogen) atoms. The summed E-state index contributed by atoms with van der Waals surface area (Å²) in [4.78, 5) is 20.0. The van der Waals surface area contributed by atoms with Crippen molar-refractivity contribution in [2.45, 2.75) is 13.3 Å². The number of amides is 1. The molecular formula is C18H16F2N4O. The van der Waals surface area contributed by atoms with Crippen LogP contribution in [0.4, 0.5) is 14.5 Å². The van der Waals surface area contributed by atoms with Crippen LogP contribution >= 0.6 is 0 Å². The zero-order valence-electron chi connectivity index (χ0n) is 13.5. The molecule has 0 atom stereocenters. The van der Waals surface area contributed by atoms with E-state index in [9.17, 15) is 13.6 Å². The average molecular weight is 342 g/mol. The molecule has 0 aliphatic rings. The van der Waals surface area contributed by atoms with Crippen molar-refractivity contribution >= 4 is 22.4 Å². The molecule has 0 saturated carbocycles. The van der Waals surface area contributed by atoms with Crippen LogP contribution in [-0.2, 0) is 0 Å². The minimum Gasteiger partial charge on any atom is -0.396 e. The highest BCUT2D eigenvalue weighted by Crippen LogP contribution is 2.34. The molecule has 0 unspecified atom stereocenters. The van der Waals surface area contributed by atoms with Crippen molar-refractivity contribution in [3.63, 3.8) is 0 Å². The van der Waals surface area contributed by atoms with E-state index in [1.807, 2.05) is 6.92 Å². The van der Waals surface area contributed by atoms with Gasteiger partial charge in [0.15, 0.2) is 5.69 Å². The number of rotatable bonds is 4. The zero-order valence-corrected chi connectivity index (χ0v) is 13.5. The first-order chi connectivity index (χ1) is 12.0. The van der Waals surface area contributed by atoms with Crippen LogP contribution in [0.15, 0.2) is 36.8 Å². The number of anilines is 1. The molecule has 0 aliphatic heterocycles. The van der Waals surface area contributed by atoms with Crippen molar-refractivity contribution in [2.24, 2.45) is 0 Å². The molecule has 3 rings (SSSR count). The van der Waals surface area contributed by atoms with Gasteiger partial charge in [-0.1, -0.05) is 6.92 Å². The lowest BCUT2D eigenvalue weighted by Gasteiger charge is -2.12. The maximum atomic E-state index is 14.4. The molecule has 7 heteroatoms. The maximum Gasteiger partial charge on any atom is 0.272 e. The first-order valence-electron chi connectivity index (χ1n) is 7.78. The fraction of sp³-hybridized carbons (Fsp3) is 0.167. The number of nitrogens with two attached hydrogens (primary N) is 1. The number of hydrogen-bond donors (Lipinski definition) is 2. The average Bonchev–Trinajstić information content (AvgIpc) is 2.59. The Labute approximate surface area is 142 Å². The molecule has 1 aromatic carbocycles. The summed E-state index contributed by atoms with van der Waals surface area (Å²) in [5.74, 6) is -1.52. The smallest absolute Gasteiger partial charge is 0.272 e. The summed E-state index contributed by atoms with van der Waals surface area (Å²) in [5, 5.41) is 3.56. The minimum absolute atomic E-state index is 0.0795. The van der Waals surface area contributed by atoms with E-state index in [0.717, 1.165) is 12.6 Å². The van der Waals surface area contributed by atoms with Gasteiger partial charge in [-0.25, -0.2) is 13.8 Å². The Hall–Kier alpha value is -3.09. The number of fused-ring (bicyclic) bond motifs is 1. The number of aromatic nitrogens is 2. The van der Waals surface area contributed by atoms with E-state index < -0.39 is 11.6 Å².